The maximum atomic E-state index is 6.22. The highest BCUT2D eigenvalue weighted by Gasteiger charge is 2.27. The predicted octanol–water partition coefficient (Wildman–Crippen LogP) is 4.42. The molecule has 4 nitrogen and oxygen atoms in total. The summed E-state index contributed by atoms with van der Waals surface area (Å²) in [6, 6.07) is 12.8. The molecule has 5 heteroatoms. The molecule has 0 unspecified atom stereocenters. The number of nitrogens with one attached hydrogen (secondary N) is 1. The van der Waals surface area contributed by atoms with E-state index in [2.05, 4.69) is 54.2 Å². The van der Waals surface area contributed by atoms with Crippen LogP contribution in [0.1, 0.15) is 18.1 Å². The van der Waals surface area contributed by atoms with E-state index in [9.17, 15) is 0 Å². The summed E-state index contributed by atoms with van der Waals surface area (Å²) in [5.74, 6) is 1.03. The fourth-order valence-electron chi connectivity index (χ4n) is 3.46. The number of hydrogen-bond donors (Lipinski definition) is 1. The molecule has 1 N–H and O–H groups in total. The number of amidine groups is 1. The second kappa shape index (κ2) is 6.36. The van der Waals surface area contributed by atoms with Gasteiger partial charge in [-0.2, -0.15) is 0 Å². The minimum Gasteiger partial charge on any atom is -0.353 e. The molecular formula is C20H23ClN4. The first-order chi connectivity index (χ1) is 12.0. The van der Waals surface area contributed by atoms with Gasteiger partial charge in [0, 0.05) is 41.9 Å². The highest BCUT2D eigenvalue weighted by molar-refractivity contribution is 6.31. The van der Waals surface area contributed by atoms with Gasteiger partial charge < -0.3 is 15.1 Å². The highest BCUT2D eigenvalue weighted by Crippen LogP contribution is 2.37. The molecule has 4 rings (SSSR count). The molecule has 0 amide bonds. The Hall–Kier alpha value is -2.04. The van der Waals surface area contributed by atoms with Gasteiger partial charge in [0.1, 0.15) is 5.84 Å². The van der Waals surface area contributed by atoms with Crippen molar-refractivity contribution in [1.82, 2.24) is 9.80 Å². The van der Waals surface area contributed by atoms with Crippen molar-refractivity contribution >= 4 is 34.5 Å². The van der Waals surface area contributed by atoms with Gasteiger partial charge in [0.25, 0.3) is 0 Å². The van der Waals surface area contributed by atoms with E-state index in [0.29, 0.717) is 11.1 Å². The average Bonchev–Trinajstić information content (AvgIpc) is 2.74. The lowest BCUT2D eigenvalue weighted by Gasteiger charge is -2.39. The van der Waals surface area contributed by atoms with E-state index in [-0.39, 0.29) is 0 Å². The number of nitrogens with zero attached hydrogens (tertiary/aromatic N) is 3. The summed E-state index contributed by atoms with van der Waals surface area (Å²) in [7, 11) is 2.19. The van der Waals surface area contributed by atoms with Crippen molar-refractivity contribution in [2.45, 2.75) is 19.9 Å². The number of fused-ring (bicyclic) bond motifs is 2. The zero-order valence-electron chi connectivity index (χ0n) is 14.9. The molecule has 1 fully saturated rings. The summed E-state index contributed by atoms with van der Waals surface area (Å²) < 4.78 is 0. The maximum Gasteiger partial charge on any atom is 0.138 e. The predicted molar refractivity (Wildman–Crippen MR) is 106 cm³/mol. The first-order valence-electron chi connectivity index (χ1n) is 8.73. The summed E-state index contributed by atoms with van der Waals surface area (Å²) in [5, 5.41) is 4.24. The van der Waals surface area contributed by atoms with Gasteiger partial charge in [-0.05, 0) is 51.2 Å². The Balaban J connectivity index is 1.85. The molecule has 0 spiro atoms. The molecule has 2 aliphatic rings. The van der Waals surface area contributed by atoms with Gasteiger partial charge in [-0.25, -0.2) is 4.99 Å². The molecule has 0 radical (unpaired) electrons. The Morgan fingerprint density at radius 1 is 1.12 bits per heavy atom. The van der Waals surface area contributed by atoms with Gasteiger partial charge in [-0.3, -0.25) is 0 Å². The van der Waals surface area contributed by atoms with Crippen molar-refractivity contribution in [2.24, 2.45) is 4.99 Å². The molecule has 130 valence electrons. The van der Waals surface area contributed by atoms with Crippen molar-refractivity contribution < 1.29 is 0 Å². The third-order valence-corrected chi connectivity index (χ3v) is 5.37. The van der Waals surface area contributed by atoms with Crippen LogP contribution >= 0.6 is 11.6 Å². The van der Waals surface area contributed by atoms with E-state index < -0.39 is 0 Å². The largest absolute Gasteiger partial charge is 0.353 e. The average molecular weight is 355 g/mol. The number of piperazine rings is 1. The Bertz CT molecular complexity index is 846. The third kappa shape index (κ3) is 3.12. The van der Waals surface area contributed by atoms with E-state index in [4.69, 9.17) is 16.6 Å². The fourth-order valence-corrected chi connectivity index (χ4v) is 3.62. The summed E-state index contributed by atoms with van der Waals surface area (Å²) in [4.78, 5) is 9.84. The first-order valence-corrected chi connectivity index (χ1v) is 9.10. The van der Waals surface area contributed by atoms with Gasteiger partial charge >= 0.3 is 0 Å². The van der Waals surface area contributed by atoms with E-state index in [1.54, 1.807) is 0 Å². The Morgan fingerprint density at radius 2 is 1.92 bits per heavy atom. The van der Waals surface area contributed by atoms with Crippen LogP contribution in [0.3, 0.4) is 0 Å². The quantitative estimate of drug-likeness (QED) is 0.759. The number of likely N-dealkylation sites (N-methyl/N-ethyl adjacent to an activating group) is 1. The summed E-state index contributed by atoms with van der Waals surface area (Å²) >= 11 is 6.22. The molecule has 2 aromatic carbocycles. The van der Waals surface area contributed by atoms with Crippen LogP contribution < -0.4 is 5.32 Å². The standard InChI is InChI=1S/C20H23ClN4/c1-13-4-6-17-16(10-13)20(25-9-8-24(3)14(2)12-25)23-19-11-15(21)5-7-18(19)22-17/h4-7,10-11,14,22H,8-9,12H2,1-3H3/t14-/m0/s1. The number of aryl methyl sites for hydroxylation is 1. The van der Waals surface area contributed by atoms with Gasteiger partial charge in [-0.15, -0.1) is 0 Å². The number of halogens is 1. The molecule has 25 heavy (non-hydrogen) atoms. The number of benzene rings is 2. The van der Waals surface area contributed by atoms with Crippen LogP contribution in [-0.4, -0.2) is 48.4 Å². The van der Waals surface area contributed by atoms with Crippen LogP contribution in [0.2, 0.25) is 5.02 Å². The van der Waals surface area contributed by atoms with Gasteiger partial charge in [0.2, 0.25) is 0 Å². The van der Waals surface area contributed by atoms with Crippen molar-refractivity contribution in [3.8, 4) is 0 Å². The van der Waals surface area contributed by atoms with Crippen LogP contribution in [-0.2, 0) is 0 Å². The molecule has 2 heterocycles. The Kier molecular flexibility index (Phi) is 4.18. The van der Waals surface area contributed by atoms with Crippen LogP contribution in [0, 0.1) is 6.92 Å². The lowest BCUT2D eigenvalue weighted by Crippen LogP contribution is -2.52. The number of aliphatic imine (C=N–C) groups is 1. The zero-order chi connectivity index (χ0) is 17.6. The first kappa shape index (κ1) is 16.4. The number of rotatable bonds is 0. The fraction of sp³-hybridized carbons (Fsp3) is 0.350. The smallest absolute Gasteiger partial charge is 0.138 e. The molecule has 0 bridgehead atoms. The van der Waals surface area contributed by atoms with Crippen LogP contribution in [0.25, 0.3) is 0 Å². The molecular weight excluding hydrogens is 332 g/mol. The molecule has 2 aromatic rings. The van der Waals surface area contributed by atoms with Crippen molar-refractivity contribution in [2.75, 3.05) is 32.0 Å². The lowest BCUT2D eigenvalue weighted by atomic mass is 10.1. The van der Waals surface area contributed by atoms with Crippen molar-refractivity contribution in [3.05, 3.63) is 52.5 Å². The Morgan fingerprint density at radius 3 is 2.72 bits per heavy atom. The Labute approximate surface area is 154 Å². The molecule has 0 saturated carbocycles. The van der Waals surface area contributed by atoms with Crippen LogP contribution in [0.15, 0.2) is 41.4 Å². The number of hydrogen-bond acceptors (Lipinski definition) is 4. The minimum absolute atomic E-state index is 0.500. The normalized spacial score (nSPS) is 20.2. The zero-order valence-corrected chi connectivity index (χ0v) is 15.6. The molecule has 1 atom stereocenters. The monoisotopic (exact) mass is 354 g/mol. The van der Waals surface area contributed by atoms with Gasteiger partial charge in [0.15, 0.2) is 0 Å². The van der Waals surface area contributed by atoms with Crippen LogP contribution in [0.5, 0.6) is 0 Å². The van der Waals surface area contributed by atoms with Crippen molar-refractivity contribution in [3.63, 3.8) is 0 Å². The van der Waals surface area contributed by atoms with Crippen LogP contribution in [0.4, 0.5) is 17.1 Å². The summed E-state index contributed by atoms with van der Waals surface area (Å²) in [6.07, 6.45) is 0. The van der Waals surface area contributed by atoms with Crippen molar-refractivity contribution in [1.29, 1.82) is 0 Å². The van der Waals surface area contributed by atoms with Gasteiger partial charge in [0.05, 0.1) is 11.4 Å². The summed E-state index contributed by atoms with van der Waals surface area (Å²) in [6.45, 7) is 7.38. The van der Waals surface area contributed by atoms with E-state index >= 15 is 0 Å². The number of anilines is 2. The molecule has 0 aromatic heterocycles. The molecule has 2 aliphatic heterocycles. The minimum atomic E-state index is 0.500. The summed E-state index contributed by atoms with van der Waals surface area (Å²) in [5.41, 5.74) is 5.37. The van der Waals surface area contributed by atoms with E-state index in [0.717, 1.165) is 48.1 Å². The third-order valence-electron chi connectivity index (χ3n) is 5.13. The second-order valence-electron chi connectivity index (χ2n) is 7.05. The molecule has 1 saturated heterocycles. The van der Waals surface area contributed by atoms with E-state index in [1.165, 1.54) is 5.56 Å². The van der Waals surface area contributed by atoms with E-state index in [1.807, 2.05) is 18.2 Å². The topological polar surface area (TPSA) is 30.9 Å². The SMILES string of the molecule is Cc1ccc2c(c1)C(N1CCN(C)[C@@H](C)C1)=Nc1cc(Cl)ccc1N2. The lowest BCUT2D eigenvalue weighted by molar-refractivity contribution is 0.153. The molecule has 0 aliphatic carbocycles. The second-order valence-corrected chi connectivity index (χ2v) is 7.48. The highest BCUT2D eigenvalue weighted by atomic mass is 35.5. The maximum absolute atomic E-state index is 6.22. The van der Waals surface area contributed by atoms with Gasteiger partial charge in [-0.1, -0.05) is 23.2 Å².